The van der Waals surface area contributed by atoms with Crippen molar-refractivity contribution in [1.82, 2.24) is 4.98 Å². The SMILES string of the molecule is Cc1ccc(C)c(Sc2ncccc2CN)c1. The fraction of sp³-hybridized carbons (Fsp3) is 0.214. The van der Waals surface area contributed by atoms with E-state index in [1.54, 1.807) is 11.8 Å². The number of benzene rings is 1. The maximum atomic E-state index is 5.72. The molecule has 2 N–H and O–H groups in total. The molecule has 2 nitrogen and oxygen atoms in total. The highest BCUT2D eigenvalue weighted by molar-refractivity contribution is 7.99. The van der Waals surface area contributed by atoms with Crippen molar-refractivity contribution in [3.63, 3.8) is 0 Å². The zero-order valence-corrected chi connectivity index (χ0v) is 10.9. The van der Waals surface area contributed by atoms with Crippen molar-refractivity contribution in [2.24, 2.45) is 5.73 Å². The van der Waals surface area contributed by atoms with Crippen molar-refractivity contribution in [1.29, 1.82) is 0 Å². The van der Waals surface area contributed by atoms with Gasteiger partial charge in [0.25, 0.3) is 0 Å². The smallest absolute Gasteiger partial charge is 0.105 e. The minimum atomic E-state index is 0.529. The van der Waals surface area contributed by atoms with Crippen LogP contribution in [0.15, 0.2) is 46.5 Å². The number of aromatic nitrogens is 1. The quantitative estimate of drug-likeness (QED) is 0.900. The van der Waals surface area contributed by atoms with Crippen molar-refractivity contribution in [3.05, 3.63) is 53.2 Å². The number of rotatable bonds is 3. The van der Waals surface area contributed by atoms with Gasteiger partial charge in [0, 0.05) is 17.6 Å². The lowest BCUT2D eigenvalue weighted by Crippen LogP contribution is -1.99. The summed E-state index contributed by atoms with van der Waals surface area (Å²) in [7, 11) is 0. The molecule has 0 radical (unpaired) electrons. The van der Waals surface area contributed by atoms with Gasteiger partial charge in [0.05, 0.1) is 0 Å². The van der Waals surface area contributed by atoms with E-state index in [9.17, 15) is 0 Å². The molecular formula is C14H16N2S. The zero-order chi connectivity index (χ0) is 12.3. The van der Waals surface area contributed by atoms with E-state index in [4.69, 9.17) is 5.73 Å². The molecule has 0 aliphatic rings. The molecule has 1 aromatic carbocycles. The lowest BCUT2D eigenvalue weighted by atomic mass is 10.2. The molecule has 3 heteroatoms. The van der Waals surface area contributed by atoms with Crippen LogP contribution < -0.4 is 5.73 Å². The summed E-state index contributed by atoms with van der Waals surface area (Å²) in [6.45, 7) is 4.75. The number of aryl methyl sites for hydroxylation is 2. The molecule has 0 aliphatic carbocycles. The second kappa shape index (κ2) is 5.34. The molecule has 2 rings (SSSR count). The van der Waals surface area contributed by atoms with Crippen LogP contribution in [0.4, 0.5) is 0 Å². The third kappa shape index (κ3) is 2.87. The van der Waals surface area contributed by atoms with Crippen LogP contribution in [0.25, 0.3) is 0 Å². The molecule has 0 atom stereocenters. The standard InChI is InChI=1S/C14H16N2S/c1-10-5-6-11(2)13(8-10)17-14-12(9-15)4-3-7-16-14/h3-8H,9,15H2,1-2H3. The van der Waals surface area contributed by atoms with Crippen LogP contribution in [0, 0.1) is 13.8 Å². The highest BCUT2D eigenvalue weighted by atomic mass is 32.2. The summed E-state index contributed by atoms with van der Waals surface area (Å²) in [5.74, 6) is 0. The van der Waals surface area contributed by atoms with E-state index in [0.29, 0.717) is 6.54 Å². The summed E-state index contributed by atoms with van der Waals surface area (Å²) >= 11 is 1.69. The first kappa shape index (κ1) is 12.1. The number of hydrogen-bond acceptors (Lipinski definition) is 3. The number of hydrogen-bond donors (Lipinski definition) is 1. The Labute approximate surface area is 106 Å². The van der Waals surface area contributed by atoms with Gasteiger partial charge < -0.3 is 5.73 Å². The summed E-state index contributed by atoms with van der Waals surface area (Å²) in [4.78, 5) is 5.65. The van der Waals surface area contributed by atoms with E-state index in [2.05, 4.69) is 37.0 Å². The van der Waals surface area contributed by atoms with E-state index < -0.39 is 0 Å². The summed E-state index contributed by atoms with van der Waals surface area (Å²) in [6.07, 6.45) is 1.81. The highest BCUT2D eigenvalue weighted by Crippen LogP contribution is 2.31. The van der Waals surface area contributed by atoms with E-state index in [-0.39, 0.29) is 0 Å². The van der Waals surface area contributed by atoms with Gasteiger partial charge in [-0.05, 0) is 42.7 Å². The third-order valence-electron chi connectivity index (χ3n) is 2.62. The lowest BCUT2D eigenvalue weighted by Gasteiger charge is -2.09. The van der Waals surface area contributed by atoms with Crippen LogP contribution in [-0.2, 0) is 6.54 Å². The average Bonchev–Trinajstić information content (AvgIpc) is 2.34. The number of nitrogens with zero attached hydrogens (tertiary/aromatic N) is 1. The van der Waals surface area contributed by atoms with E-state index in [1.165, 1.54) is 16.0 Å². The van der Waals surface area contributed by atoms with Crippen molar-refractivity contribution < 1.29 is 0 Å². The molecule has 1 heterocycles. The Morgan fingerprint density at radius 1 is 1.24 bits per heavy atom. The molecule has 0 bridgehead atoms. The van der Waals surface area contributed by atoms with Gasteiger partial charge in [-0.2, -0.15) is 0 Å². The van der Waals surface area contributed by atoms with Gasteiger partial charge in [0.2, 0.25) is 0 Å². The Bertz CT molecular complexity index is 523. The topological polar surface area (TPSA) is 38.9 Å². The van der Waals surface area contributed by atoms with Crippen molar-refractivity contribution >= 4 is 11.8 Å². The van der Waals surface area contributed by atoms with Crippen molar-refractivity contribution in [2.45, 2.75) is 30.3 Å². The van der Waals surface area contributed by atoms with Gasteiger partial charge in [-0.25, -0.2) is 4.98 Å². The van der Waals surface area contributed by atoms with E-state index in [1.807, 2.05) is 18.3 Å². The third-order valence-corrected chi connectivity index (χ3v) is 3.84. The first-order chi connectivity index (χ1) is 8.20. The molecule has 0 aliphatic heterocycles. The summed E-state index contributed by atoms with van der Waals surface area (Å²) in [5, 5.41) is 1.00. The predicted molar refractivity (Wildman–Crippen MR) is 72.2 cm³/mol. The second-order valence-electron chi connectivity index (χ2n) is 4.04. The van der Waals surface area contributed by atoms with Crippen molar-refractivity contribution in [2.75, 3.05) is 0 Å². The van der Waals surface area contributed by atoms with Gasteiger partial charge in [-0.1, -0.05) is 30.0 Å². The molecule has 88 valence electrons. The lowest BCUT2D eigenvalue weighted by molar-refractivity contribution is 0.962. The molecule has 17 heavy (non-hydrogen) atoms. The number of pyridine rings is 1. The molecular weight excluding hydrogens is 228 g/mol. The van der Waals surface area contributed by atoms with Crippen LogP contribution in [0.2, 0.25) is 0 Å². The molecule has 0 amide bonds. The van der Waals surface area contributed by atoms with Crippen LogP contribution in [0.3, 0.4) is 0 Å². The largest absolute Gasteiger partial charge is 0.326 e. The zero-order valence-electron chi connectivity index (χ0n) is 10.1. The summed E-state index contributed by atoms with van der Waals surface area (Å²) in [5.41, 5.74) is 9.35. The summed E-state index contributed by atoms with van der Waals surface area (Å²) in [6, 6.07) is 10.4. The molecule has 0 fully saturated rings. The van der Waals surface area contributed by atoms with Crippen LogP contribution in [-0.4, -0.2) is 4.98 Å². The Morgan fingerprint density at radius 3 is 2.82 bits per heavy atom. The Kier molecular flexibility index (Phi) is 3.82. The Balaban J connectivity index is 2.34. The van der Waals surface area contributed by atoms with E-state index in [0.717, 1.165) is 10.6 Å². The van der Waals surface area contributed by atoms with Gasteiger partial charge in [0.1, 0.15) is 5.03 Å². The first-order valence-electron chi connectivity index (χ1n) is 5.60. The molecule has 0 unspecified atom stereocenters. The Hall–Kier alpha value is -1.32. The monoisotopic (exact) mass is 244 g/mol. The minimum absolute atomic E-state index is 0.529. The predicted octanol–water partition coefficient (Wildman–Crippen LogP) is 3.31. The van der Waals surface area contributed by atoms with Crippen LogP contribution >= 0.6 is 11.8 Å². The van der Waals surface area contributed by atoms with Gasteiger partial charge in [-0.3, -0.25) is 0 Å². The average molecular weight is 244 g/mol. The number of nitrogens with two attached hydrogens (primary N) is 1. The minimum Gasteiger partial charge on any atom is -0.326 e. The van der Waals surface area contributed by atoms with Crippen LogP contribution in [0.5, 0.6) is 0 Å². The first-order valence-corrected chi connectivity index (χ1v) is 6.41. The molecule has 0 spiro atoms. The normalized spacial score (nSPS) is 10.5. The molecule has 0 saturated heterocycles. The Morgan fingerprint density at radius 2 is 2.06 bits per heavy atom. The fourth-order valence-electron chi connectivity index (χ4n) is 1.59. The maximum Gasteiger partial charge on any atom is 0.105 e. The highest BCUT2D eigenvalue weighted by Gasteiger charge is 2.06. The van der Waals surface area contributed by atoms with E-state index >= 15 is 0 Å². The van der Waals surface area contributed by atoms with Gasteiger partial charge in [0.15, 0.2) is 0 Å². The molecule has 1 aromatic heterocycles. The summed E-state index contributed by atoms with van der Waals surface area (Å²) < 4.78 is 0. The van der Waals surface area contributed by atoms with Crippen molar-refractivity contribution in [3.8, 4) is 0 Å². The van der Waals surface area contributed by atoms with Gasteiger partial charge in [-0.15, -0.1) is 0 Å². The molecule has 0 saturated carbocycles. The molecule has 2 aromatic rings. The van der Waals surface area contributed by atoms with Crippen LogP contribution in [0.1, 0.15) is 16.7 Å². The maximum absolute atomic E-state index is 5.72. The second-order valence-corrected chi connectivity index (χ2v) is 5.07. The van der Waals surface area contributed by atoms with Gasteiger partial charge >= 0.3 is 0 Å². The fourth-order valence-corrected chi connectivity index (χ4v) is 2.67.